The van der Waals surface area contributed by atoms with Gasteiger partial charge in [-0.1, -0.05) is 32.9 Å². The lowest BCUT2D eigenvalue weighted by Gasteiger charge is -2.19. The first-order valence-corrected chi connectivity index (χ1v) is 7.94. The molecule has 0 aliphatic carbocycles. The molecule has 5 heteroatoms. The van der Waals surface area contributed by atoms with Crippen molar-refractivity contribution in [3.63, 3.8) is 0 Å². The minimum Gasteiger partial charge on any atom is -0.494 e. The Morgan fingerprint density at radius 3 is 2.67 bits per heavy atom. The molecule has 0 aliphatic rings. The maximum absolute atomic E-state index is 12.2. The second kappa shape index (κ2) is 6.17. The molecule has 112 valence electrons. The predicted octanol–water partition coefficient (Wildman–Crippen LogP) is 3.74. The average Bonchev–Trinajstić information content (AvgIpc) is 2.41. The van der Waals surface area contributed by atoms with Gasteiger partial charge in [0.15, 0.2) is 0 Å². The molecule has 2 rings (SSSR count). The molecule has 1 aromatic carbocycles. The van der Waals surface area contributed by atoms with Gasteiger partial charge < -0.3 is 9.72 Å². The van der Waals surface area contributed by atoms with Crippen LogP contribution in [-0.2, 0) is 5.41 Å². The number of rotatable bonds is 3. The highest BCUT2D eigenvalue weighted by atomic mass is 127. The summed E-state index contributed by atoms with van der Waals surface area (Å²) in [5.41, 5.74) is 1.37. The third-order valence-electron chi connectivity index (χ3n) is 2.99. The summed E-state index contributed by atoms with van der Waals surface area (Å²) in [5, 5.41) is 0. The molecule has 1 aromatic heterocycles. The van der Waals surface area contributed by atoms with E-state index in [2.05, 4.69) is 53.3 Å². The molecule has 0 atom stereocenters. The molecule has 0 unspecified atom stereocenters. The molecule has 4 nitrogen and oxygen atoms in total. The molecule has 0 saturated heterocycles. The van der Waals surface area contributed by atoms with E-state index in [1.807, 2.05) is 31.2 Å². The maximum Gasteiger partial charge on any atom is 0.264 e. The van der Waals surface area contributed by atoms with Crippen LogP contribution < -0.4 is 10.3 Å². The Morgan fingerprint density at radius 1 is 1.33 bits per heavy atom. The van der Waals surface area contributed by atoms with Crippen molar-refractivity contribution >= 4 is 22.6 Å². The van der Waals surface area contributed by atoms with Gasteiger partial charge in [-0.25, -0.2) is 4.98 Å². The molecule has 0 amide bonds. The molecule has 0 saturated carbocycles. The Kier molecular flexibility index (Phi) is 4.70. The summed E-state index contributed by atoms with van der Waals surface area (Å²) in [6, 6.07) is 7.60. The second-order valence-corrected chi connectivity index (χ2v) is 6.87. The lowest BCUT2D eigenvalue weighted by Crippen LogP contribution is -2.24. The van der Waals surface area contributed by atoms with Gasteiger partial charge in [-0.05, 0) is 41.6 Å². The Morgan fingerprint density at radius 2 is 2.05 bits per heavy atom. The first-order valence-electron chi connectivity index (χ1n) is 6.86. The molecule has 0 bridgehead atoms. The van der Waals surface area contributed by atoms with Crippen molar-refractivity contribution in [2.45, 2.75) is 33.1 Å². The van der Waals surface area contributed by atoms with E-state index < -0.39 is 0 Å². The standard InChI is InChI=1S/C16H19IN2O2/c1-5-21-11-8-6-7-10(9-11)14-18-13(16(2,3)4)12(17)15(20)19-14/h6-9H,5H2,1-4H3,(H,18,19,20). The summed E-state index contributed by atoms with van der Waals surface area (Å²) < 4.78 is 6.14. The van der Waals surface area contributed by atoms with Crippen molar-refractivity contribution in [3.8, 4) is 17.1 Å². The van der Waals surface area contributed by atoms with Gasteiger partial charge in [0, 0.05) is 11.0 Å². The van der Waals surface area contributed by atoms with Crippen LogP contribution in [0.5, 0.6) is 5.75 Å². The smallest absolute Gasteiger partial charge is 0.264 e. The fourth-order valence-corrected chi connectivity index (χ4v) is 3.06. The third kappa shape index (κ3) is 3.64. The van der Waals surface area contributed by atoms with Crippen molar-refractivity contribution in [2.24, 2.45) is 0 Å². The van der Waals surface area contributed by atoms with Crippen LogP contribution in [0.15, 0.2) is 29.1 Å². The molecule has 0 aliphatic heterocycles. The molecule has 0 fully saturated rings. The van der Waals surface area contributed by atoms with Crippen LogP contribution in [0.2, 0.25) is 0 Å². The fourth-order valence-electron chi connectivity index (χ4n) is 1.99. The van der Waals surface area contributed by atoms with Crippen molar-refractivity contribution in [2.75, 3.05) is 6.61 Å². The molecular weight excluding hydrogens is 379 g/mol. The quantitative estimate of drug-likeness (QED) is 0.802. The summed E-state index contributed by atoms with van der Waals surface area (Å²) in [6.45, 7) is 8.70. The number of nitrogens with one attached hydrogen (secondary N) is 1. The lowest BCUT2D eigenvalue weighted by atomic mass is 9.92. The van der Waals surface area contributed by atoms with Gasteiger partial charge >= 0.3 is 0 Å². The average molecular weight is 398 g/mol. The fraction of sp³-hybridized carbons (Fsp3) is 0.375. The van der Waals surface area contributed by atoms with Crippen LogP contribution in [0.3, 0.4) is 0 Å². The van der Waals surface area contributed by atoms with Gasteiger partial charge in [0.05, 0.1) is 12.3 Å². The van der Waals surface area contributed by atoms with Gasteiger partial charge in [-0.2, -0.15) is 0 Å². The summed E-state index contributed by atoms with van der Waals surface area (Å²) in [6.07, 6.45) is 0. The van der Waals surface area contributed by atoms with E-state index in [9.17, 15) is 4.79 Å². The Labute approximate surface area is 138 Å². The monoisotopic (exact) mass is 398 g/mol. The predicted molar refractivity (Wildman–Crippen MR) is 92.9 cm³/mol. The maximum atomic E-state index is 12.2. The number of H-pyrrole nitrogens is 1. The van der Waals surface area contributed by atoms with E-state index in [1.54, 1.807) is 0 Å². The highest BCUT2D eigenvalue weighted by Gasteiger charge is 2.22. The Bertz CT molecular complexity index is 702. The molecule has 1 N–H and O–H groups in total. The third-order valence-corrected chi connectivity index (χ3v) is 3.99. The van der Waals surface area contributed by atoms with Crippen LogP contribution in [0.4, 0.5) is 0 Å². The van der Waals surface area contributed by atoms with Gasteiger partial charge in [0.2, 0.25) is 0 Å². The highest BCUT2D eigenvalue weighted by Crippen LogP contribution is 2.26. The summed E-state index contributed by atoms with van der Waals surface area (Å²) in [4.78, 5) is 19.7. The topological polar surface area (TPSA) is 55.0 Å². The molecular formula is C16H19IN2O2. The van der Waals surface area contributed by atoms with Crippen molar-refractivity contribution in [1.29, 1.82) is 0 Å². The molecule has 2 aromatic rings. The molecule has 21 heavy (non-hydrogen) atoms. The van der Waals surface area contributed by atoms with Crippen molar-refractivity contribution < 1.29 is 4.74 Å². The van der Waals surface area contributed by atoms with E-state index >= 15 is 0 Å². The number of aromatic amines is 1. The summed E-state index contributed by atoms with van der Waals surface area (Å²) >= 11 is 2.06. The van der Waals surface area contributed by atoms with Crippen LogP contribution in [0.25, 0.3) is 11.4 Å². The van der Waals surface area contributed by atoms with E-state index in [-0.39, 0.29) is 11.0 Å². The van der Waals surface area contributed by atoms with Crippen LogP contribution in [-0.4, -0.2) is 16.6 Å². The molecule has 0 radical (unpaired) electrons. The molecule has 0 spiro atoms. The van der Waals surface area contributed by atoms with E-state index in [1.165, 1.54) is 0 Å². The first-order chi connectivity index (χ1) is 9.82. The summed E-state index contributed by atoms with van der Waals surface area (Å²) in [5.74, 6) is 1.35. The van der Waals surface area contributed by atoms with E-state index in [4.69, 9.17) is 4.74 Å². The number of aromatic nitrogens is 2. The van der Waals surface area contributed by atoms with E-state index in [0.717, 1.165) is 17.0 Å². The second-order valence-electron chi connectivity index (χ2n) is 5.79. The zero-order valence-electron chi connectivity index (χ0n) is 12.7. The Balaban J connectivity index is 2.57. The molecule has 1 heterocycles. The largest absolute Gasteiger partial charge is 0.494 e. The first kappa shape index (κ1) is 16.0. The van der Waals surface area contributed by atoms with Gasteiger partial charge in [-0.3, -0.25) is 4.79 Å². The normalized spacial score (nSPS) is 11.5. The van der Waals surface area contributed by atoms with Gasteiger partial charge in [0.25, 0.3) is 5.56 Å². The highest BCUT2D eigenvalue weighted by molar-refractivity contribution is 14.1. The number of halogens is 1. The number of nitrogens with zero attached hydrogens (tertiary/aromatic N) is 1. The lowest BCUT2D eigenvalue weighted by molar-refractivity contribution is 0.340. The van der Waals surface area contributed by atoms with Crippen molar-refractivity contribution in [3.05, 3.63) is 43.9 Å². The zero-order chi connectivity index (χ0) is 15.6. The summed E-state index contributed by atoms with van der Waals surface area (Å²) in [7, 11) is 0. The number of benzene rings is 1. The minimum atomic E-state index is -0.183. The minimum absolute atomic E-state index is 0.104. The Hall–Kier alpha value is -1.37. The van der Waals surface area contributed by atoms with Gasteiger partial charge in [0.1, 0.15) is 15.1 Å². The number of ether oxygens (including phenoxy) is 1. The number of hydrogen-bond donors (Lipinski definition) is 1. The van der Waals surface area contributed by atoms with Crippen LogP contribution >= 0.6 is 22.6 Å². The van der Waals surface area contributed by atoms with Crippen molar-refractivity contribution in [1.82, 2.24) is 9.97 Å². The van der Waals surface area contributed by atoms with E-state index in [0.29, 0.717) is 16.0 Å². The van der Waals surface area contributed by atoms with Crippen LogP contribution in [0.1, 0.15) is 33.4 Å². The van der Waals surface area contributed by atoms with Gasteiger partial charge in [-0.15, -0.1) is 0 Å². The SMILES string of the molecule is CCOc1cccc(-c2nc(C(C)(C)C)c(I)c(=O)[nH]2)c1. The number of hydrogen-bond acceptors (Lipinski definition) is 3. The zero-order valence-corrected chi connectivity index (χ0v) is 14.8. The van der Waals surface area contributed by atoms with Crippen LogP contribution in [0, 0.1) is 3.57 Å².